The van der Waals surface area contributed by atoms with Crippen molar-refractivity contribution in [3.05, 3.63) is 35.3 Å². The molecule has 5 heterocycles. The Morgan fingerprint density at radius 1 is 1.22 bits per heavy atom. The Hall–Kier alpha value is -2.38. The first kappa shape index (κ1) is 16.8. The van der Waals surface area contributed by atoms with Crippen molar-refractivity contribution in [1.29, 1.82) is 0 Å². The molecule has 0 spiro atoms. The summed E-state index contributed by atoms with van der Waals surface area (Å²) in [6.07, 6.45) is 1.76. The van der Waals surface area contributed by atoms with E-state index in [1.807, 2.05) is 13.1 Å². The average Bonchev–Trinajstić information content (AvgIpc) is 2.77. The third-order valence-corrected chi connectivity index (χ3v) is 5.64. The summed E-state index contributed by atoms with van der Waals surface area (Å²) in [4.78, 5) is 11.8. The molecule has 0 saturated carbocycles. The number of rotatable bonds is 2. The van der Waals surface area contributed by atoms with E-state index in [9.17, 15) is 0 Å². The summed E-state index contributed by atoms with van der Waals surface area (Å²) in [5, 5.41) is 6.86. The van der Waals surface area contributed by atoms with Gasteiger partial charge in [0.25, 0.3) is 0 Å². The van der Waals surface area contributed by atoms with Crippen LogP contribution < -0.4 is 20.3 Å². The molecule has 2 N–H and O–H groups in total. The lowest BCUT2D eigenvalue weighted by Gasteiger charge is -2.31. The summed E-state index contributed by atoms with van der Waals surface area (Å²) in [6, 6.07) is 4.21. The number of nitrogens with zero attached hydrogens (tertiary/aromatic N) is 3. The molecule has 0 aromatic carbocycles. The molecule has 0 bridgehead atoms. The van der Waals surface area contributed by atoms with Gasteiger partial charge in [-0.25, -0.2) is 4.98 Å². The molecule has 7 nitrogen and oxygen atoms in total. The van der Waals surface area contributed by atoms with Crippen molar-refractivity contribution in [2.45, 2.75) is 25.9 Å². The van der Waals surface area contributed by atoms with Gasteiger partial charge in [0.1, 0.15) is 11.9 Å². The molecule has 142 valence electrons. The highest BCUT2D eigenvalue weighted by molar-refractivity contribution is 5.74. The fourth-order valence-electron chi connectivity index (χ4n) is 4.04. The minimum absolute atomic E-state index is 0.114. The normalized spacial score (nSPS) is 22.0. The molecule has 0 unspecified atom stereocenters. The number of fused-ring (bicyclic) bond motifs is 2. The number of hydrogen-bond donors (Lipinski definition) is 2. The first-order valence-electron chi connectivity index (χ1n) is 9.68. The van der Waals surface area contributed by atoms with Crippen molar-refractivity contribution in [2.75, 3.05) is 49.6 Å². The summed E-state index contributed by atoms with van der Waals surface area (Å²) >= 11 is 0. The number of morpholine rings is 1. The number of aryl methyl sites for hydroxylation is 1. The molecular formula is C20H25N5O2. The third-order valence-electron chi connectivity index (χ3n) is 5.64. The van der Waals surface area contributed by atoms with Gasteiger partial charge in [-0.05, 0) is 26.0 Å². The maximum atomic E-state index is 6.39. The summed E-state index contributed by atoms with van der Waals surface area (Å²) in [5.74, 6) is 2.17. The largest absolute Gasteiger partial charge is 0.482 e. The predicted octanol–water partition coefficient (Wildman–Crippen LogP) is 2.51. The van der Waals surface area contributed by atoms with Crippen LogP contribution in [-0.2, 0) is 4.74 Å². The molecule has 3 aliphatic rings. The van der Waals surface area contributed by atoms with Gasteiger partial charge in [-0.1, -0.05) is 0 Å². The first-order valence-corrected chi connectivity index (χ1v) is 9.68. The first-order chi connectivity index (χ1) is 13.2. The van der Waals surface area contributed by atoms with Crippen molar-refractivity contribution in [1.82, 2.24) is 15.3 Å². The molecule has 2 aromatic heterocycles. The Morgan fingerprint density at radius 2 is 2.04 bits per heavy atom. The summed E-state index contributed by atoms with van der Waals surface area (Å²) < 4.78 is 11.9. The third kappa shape index (κ3) is 2.91. The van der Waals surface area contributed by atoms with E-state index in [1.54, 1.807) is 0 Å². The molecule has 27 heavy (non-hydrogen) atoms. The van der Waals surface area contributed by atoms with E-state index in [2.05, 4.69) is 39.6 Å². The smallest absolute Gasteiger partial charge is 0.164 e. The fraction of sp³-hybridized carbons (Fsp3) is 0.500. The topological polar surface area (TPSA) is 71.5 Å². The lowest BCUT2D eigenvalue weighted by Crippen LogP contribution is -2.40. The highest BCUT2D eigenvalue weighted by Gasteiger charge is 2.29. The van der Waals surface area contributed by atoms with Crippen LogP contribution in [0.5, 0.6) is 5.75 Å². The van der Waals surface area contributed by atoms with Crippen molar-refractivity contribution >= 4 is 17.2 Å². The van der Waals surface area contributed by atoms with E-state index >= 15 is 0 Å². The van der Waals surface area contributed by atoms with Crippen LogP contribution >= 0.6 is 0 Å². The van der Waals surface area contributed by atoms with E-state index in [1.165, 1.54) is 5.69 Å². The zero-order valence-electron chi connectivity index (χ0n) is 15.8. The lowest BCUT2D eigenvalue weighted by atomic mass is 9.98. The van der Waals surface area contributed by atoms with Gasteiger partial charge < -0.3 is 25.0 Å². The fourth-order valence-corrected chi connectivity index (χ4v) is 4.04. The monoisotopic (exact) mass is 367 g/mol. The van der Waals surface area contributed by atoms with Crippen LogP contribution in [0.3, 0.4) is 0 Å². The summed E-state index contributed by atoms with van der Waals surface area (Å²) in [6.45, 7) is 9.35. The van der Waals surface area contributed by atoms with Crippen LogP contribution in [0.15, 0.2) is 18.3 Å². The van der Waals surface area contributed by atoms with Crippen LogP contribution in [0, 0.1) is 6.92 Å². The second-order valence-corrected chi connectivity index (χ2v) is 7.44. The second-order valence-electron chi connectivity index (χ2n) is 7.44. The minimum Gasteiger partial charge on any atom is -0.482 e. The molecule has 1 atom stereocenters. The minimum atomic E-state index is -0.114. The lowest BCUT2D eigenvalue weighted by molar-refractivity contribution is 0.122. The van der Waals surface area contributed by atoms with Crippen LogP contribution in [0.25, 0.3) is 0 Å². The van der Waals surface area contributed by atoms with Crippen LogP contribution in [-0.4, -0.2) is 49.4 Å². The van der Waals surface area contributed by atoms with E-state index in [0.717, 1.165) is 73.6 Å². The number of pyridine rings is 2. The Morgan fingerprint density at radius 3 is 2.78 bits per heavy atom. The average molecular weight is 367 g/mol. The Labute approximate surface area is 159 Å². The maximum Gasteiger partial charge on any atom is 0.164 e. The van der Waals surface area contributed by atoms with Crippen LogP contribution in [0.4, 0.5) is 17.2 Å². The van der Waals surface area contributed by atoms with E-state index in [0.29, 0.717) is 5.92 Å². The number of anilines is 3. The van der Waals surface area contributed by atoms with E-state index in [4.69, 9.17) is 14.5 Å². The molecule has 3 aliphatic heterocycles. The van der Waals surface area contributed by atoms with Gasteiger partial charge >= 0.3 is 0 Å². The van der Waals surface area contributed by atoms with Gasteiger partial charge in [0.15, 0.2) is 5.75 Å². The predicted molar refractivity (Wildman–Crippen MR) is 104 cm³/mol. The highest BCUT2D eigenvalue weighted by atomic mass is 16.5. The molecule has 7 heteroatoms. The Bertz CT molecular complexity index is 862. The maximum absolute atomic E-state index is 6.39. The molecule has 0 radical (unpaired) electrons. The van der Waals surface area contributed by atoms with Gasteiger partial charge in [0.05, 0.1) is 30.2 Å². The summed E-state index contributed by atoms with van der Waals surface area (Å²) in [7, 11) is 0. The van der Waals surface area contributed by atoms with Crippen molar-refractivity contribution in [2.24, 2.45) is 0 Å². The van der Waals surface area contributed by atoms with Gasteiger partial charge in [0, 0.05) is 49.7 Å². The molecular weight excluding hydrogens is 342 g/mol. The summed E-state index contributed by atoms with van der Waals surface area (Å²) in [5.41, 5.74) is 5.27. The second kappa shape index (κ2) is 6.65. The van der Waals surface area contributed by atoms with Crippen molar-refractivity contribution < 1.29 is 9.47 Å². The van der Waals surface area contributed by atoms with Crippen molar-refractivity contribution in [3.63, 3.8) is 0 Å². The molecule has 2 aromatic rings. The zero-order chi connectivity index (χ0) is 18.4. The van der Waals surface area contributed by atoms with Crippen LogP contribution in [0.2, 0.25) is 0 Å². The Kier molecular flexibility index (Phi) is 4.13. The number of ether oxygens (including phenoxy) is 2. The Balaban J connectivity index is 1.56. The molecule has 5 rings (SSSR count). The molecule has 2 fully saturated rings. The zero-order valence-corrected chi connectivity index (χ0v) is 15.8. The number of aromatic nitrogens is 2. The van der Waals surface area contributed by atoms with Gasteiger partial charge in [-0.3, -0.25) is 4.98 Å². The number of hydrogen-bond acceptors (Lipinski definition) is 7. The SMILES string of the molecule is Cc1nc(C2CNC2)cc2c1O[C@@H](C)c1c(N3CCOCC3)ccnc1N2. The van der Waals surface area contributed by atoms with Gasteiger partial charge in [-0.2, -0.15) is 0 Å². The van der Waals surface area contributed by atoms with E-state index < -0.39 is 0 Å². The van der Waals surface area contributed by atoms with Crippen LogP contribution in [0.1, 0.15) is 35.9 Å². The molecule has 0 amide bonds. The van der Waals surface area contributed by atoms with Gasteiger partial charge in [-0.15, -0.1) is 0 Å². The highest BCUT2D eigenvalue weighted by Crippen LogP contribution is 2.43. The van der Waals surface area contributed by atoms with E-state index in [-0.39, 0.29) is 6.10 Å². The van der Waals surface area contributed by atoms with Crippen molar-refractivity contribution in [3.8, 4) is 5.75 Å². The quantitative estimate of drug-likeness (QED) is 0.845. The molecule has 0 aliphatic carbocycles. The molecule has 2 saturated heterocycles. The number of nitrogens with one attached hydrogen (secondary N) is 2. The van der Waals surface area contributed by atoms with Gasteiger partial charge in [0.2, 0.25) is 0 Å². The standard InChI is InChI=1S/C20H25N5O2/c1-12-19-16(9-15(23-12)14-10-21-11-14)24-20-18(13(2)27-19)17(3-4-22-20)25-5-7-26-8-6-25/h3-4,9,13-14,21H,5-8,10-11H2,1-2H3,(H,22,24)/t13-/m0/s1.